The fourth-order valence-electron chi connectivity index (χ4n) is 2.36. The maximum Gasteiger partial charge on any atom is 0.0601 e. The van der Waals surface area contributed by atoms with E-state index in [1.54, 1.807) is 30.3 Å². The molecule has 10 heteroatoms. The SMILES string of the molecule is O=C(Oc1ccc(S(=O)(=O)Nc2ccc([As](=O)(O)O)cc2)cc1)c1ccccc1. The second-order valence-electron chi connectivity index (χ2n) is 5.92. The van der Waals surface area contributed by atoms with Crippen molar-refractivity contribution in [3.05, 3.63) is 84.4 Å². The average molecular weight is 477 g/mol. The number of hydrogen-bond donors (Lipinski definition) is 3. The first-order chi connectivity index (χ1) is 13.6. The zero-order valence-corrected chi connectivity index (χ0v) is 17.5. The molecule has 0 atom stereocenters. The van der Waals surface area contributed by atoms with Crippen molar-refractivity contribution in [1.29, 1.82) is 0 Å². The Labute approximate surface area is 169 Å². The van der Waals surface area contributed by atoms with E-state index in [1.165, 1.54) is 48.5 Å². The monoisotopic (exact) mass is 477 g/mol. The van der Waals surface area contributed by atoms with Gasteiger partial charge in [-0.2, -0.15) is 0 Å². The van der Waals surface area contributed by atoms with Crippen LogP contribution >= 0.6 is 0 Å². The Morgan fingerprint density at radius 2 is 1.45 bits per heavy atom. The molecular weight excluding hydrogens is 461 g/mol. The molecule has 0 bridgehead atoms. The largest absolute Gasteiger partial charge is 0.0622 e. The van der Waals surface area contributed by atoms with E-state index in [2.05, 4.69) is 4.72 Å². The predicted octanol–water partition coefficient (Wildman–Crippen LogP) is 1.27. The maximum absolute atomic E-state index is 12.5. The Morgan fingerprint density at radius 3 is 2.00 bits per heavy atom. The third kappa shape index (κ3) is 5.36. The molecule has 3 rings (SSSR count). The zero-order valence-electron chi connectivity index (χ0n) is 14.8. The number of ether oxygens (including phenoxy) is 1. The van der Waals surface area contributed by atoms with Crippen molar-refractivity contribution in [2.45, 2.75) is 4.90 Å². The second-order valence-corrected chi connectivity index (χ2v) is 11.0. The first-order valence-corrected chi connectivity index (χ1v) is 13.1. The molecule has 0 fully saturated rings. The summed E-state index contributed by atoms with van der Waals surface area (Å²) in [6.45, 7) is 0. The molecule has 0 radical (unpaired) electrons. The molecular formula is C19H16AsNO7S. The first kappa shape index (κ1) is 20.9. The summed E-state index contributed by atoms with van der Waals surface area (Å²) in [6.07, 6.45) is 0. The summed E-state index contributed by atoms with van der Waals surface area (Å²) in [4.78, 5) is 12.0. The van der Waals surface area contributed by atoms with Crippen molar-refractivity contribution in [2.75, 3.05) is 4.72 Å². The van der Waals surface area contributed by atoms with Crippen LogP contribution in [-0.4, -0.2) is 36.8 Å². The average Bonchev–Trinajstić information content (AvgIpc) is 2.68. The van der Waals surface area contributed by atoms with Crippen molar-refractivity contribution in [3.63, 3.8) is 0 Å². The van der Waals surface area contributed by atoms with Gasteiger partial charge in [0, 0.05) is 0 Å². The van der Waals surface area contributed by atoms with Crippen LogP contribution in [0.3, 0.4) is 0 Å². The normalized spacial score (nSPS) is 11.7. The van der Waals surface area contributed by atoms with Gasteiger partial charge in [-0.25, -0.2) is 4.79 Å². The molecule has 3 N–H and O–H groups in total. The van der Waals surface area contributed by atoms with Gasteiger partial charge in [-0.15, -0.1) is 0 Å². The van der Waals surface area contributed by atoms with Crippen molar-refractivity contribution in [2.24, 2.45) is 0 Å². The molecule has 0 aromatic heterocycles. The van der Waals surface area contributed by atoms with E-state index >= 15 is 0 Å². The number of sulfonamides is 1. The number of carbonyl (C=O) groups excluding carboxylic acids is 1. The topological polar surface area (TPSA) is 130 Å². The number of hydrogen-bond acceptors (Lipinski definition) is 5. The van der Waals surface area contributed by atoms with E-state index in [-0.39, 0.29) is 20.7 Å². The van der Waals surface area contributed by atoms with E-state index in [4.69, 9.17) is 12.9 Å². The molecule has 3 aromatic rings. The predicted molar refractivity (Wildman–Crippen MR) is 106 cm³/mol. The molecule has 0 amide bonds. The van der Waals surface area contributed by atoms with Gasteiger partial charge in [-0.3, -0.25) is 0 Å². The van der Waals surface area contributed by atoms with Crippen molar-refractivity contribution >= 4 is 40.2 Å². The van der Waals surface area contributed by atoms with Gasteiger partial charge in [0.25, 0.3) is 0 Å². The molecule has 0 unspecified atom stereocenters. The van der Waals surface area contributed by atoms with Gasteiger partial charge in [0.1, 0.15) is 0 Å². The molecule has 0 saturated heterocycles. The summed E-state index contributed by atoms with van der Waals surface area (Å²) in [7, 11) is -3.94. The minimum atomic E-state index is -5.03. The zero-order chi connectivity index (χ0) is 21.1. The van der Waals surface area contributed by atoms with E-state index in [1.807, 2.05) is 0 Å². The summed E-state index contributed by atoms with van der Waals surface area (Å²) in [5.41, 5.74) is 0.517. The number of nitrogens with one attached hydrogen (secondary N) is 1. The summed E-state index contributed by atoms with van der Waals surface area (Å²) < 4.78 is 61.8. The van der Waals surface area contributed by atoms with Crippen LogP contribution in [0.5, 0.6) is 5.75 Å². The number of benzene rings is 3. The fourth-order valence-corrected chi connectivity index (χ4v) is 4.55. The first-order valence-electron chi connectivity index (χ1n) is 8.21. The summed E-state index contributed by atoms with van der Waals surface area (Å²) in [5, 5.41) is 0. The number of anilines is 1. The van der Waals surface area contributed by atoms with Gasteiger partial charge in [0.05, 0.1) is 5.56 Å². The van der Waals surface area contributed by atoms with Crippen molar-refractivity contribution < 1.29 is 29.9 Å². The van der Waals surface area contributed by atoms with Crippen LogP contribution in [0.25, 0.3) is 0 Å². The van der Waals surface area contributed by atoms with Gasteiger partial charge in [-0.1, -0.05) is 18.2 Å². The van der Waals surface area contributed by atoms with E-state index in [0.29, 0.717) is 5.56 Å². The number of esters is 1. The fraction of sp³-hybridized carbons (Fsp3) is 0. The minimum absolute atomic E-state index is 0.0693. The third-order valence-electron chi connectivity index (χ3n) is 3.81. The number of carbonyl (C=O) groups is 1. The molecule has 0 saturated carbocycles. The smallest absolute Gasteiger partial charge is 0.0601 e. The van der Waals surface area contributed by atoms with Crippen LogP contribution in [-0.2, 0) is 13.8 Å². The Hall–Kier alpha value is -2.84. The van der Waals surface area contributed by atoms with Crippen LogP contribution in [0.15, 0.2) is 83.8 Å². The third-order valence-corrected chi connectivity index (χ3v) is 7.24. The maximum atomic E-state index is 12.5. The van der Waals surface area contributed by atoms with Crippen LogP contribution in [0.4, 0.5) is 5.69 Å². The summed E-state index contributed by atoms with van der Waals surface area (Å²) >= 11 is -5.03. The van der Waals surface area contributed by atoms with Gasteiger partial charge < -0.3 is 0 Å². The molecule has 0 spiro atoms. The van der Waals surface area contributed by atoms with E-state index < -0.39 is 30.2 Å². The van der Waals surface area contributed by atoms with Crippen LogP contribution in [0, 0.1) is 0 Å². The molecule has 0 aliphatic carbocycles. The molecule has 3 aromatic carbocycles. The van der Waals surface area contributed by atoms with Gasteiger partial charge in [-0.05, 0) is 12.1 Å². The molecule has 0 heterocycles. The standard InChI is InChI=1S/C19H16AsNO7S/c22-19(14-4-2-1-3-5-14)28-17-10-12-18(13-11-17)29(26,27)21-16-8-6-15(7-9-16)20(23,24)25/h1-13,21H,(H2,23,24,25). The summed E-state index contributed by atoms with van der Waals surface area (Å²) in [5.74, 6) is -0.378. The Balaban J connectivity index is 1.71. The second kappa shape index (κ2) is 8.26. The Kier molecular flexibility index (Phi) is 5.95. The quantitative estimate of drug-likeness (QED) is 0.277. The van der Waals surface area contributed by atoms with Crippen molar-refractivity contribution in [3.8, 4) is 5.75 Å². The van der Waals surface area contributed by atoms with Crippen LogP contribution < -0.4 is 13.8 Å². The molecule has 29 heavy (non-hydrogen) atoms. The molecule has 0 aliphatic heterocycles. The van der Waals surface area contributed by atoms with Crippen LogP contribution in [0.1, 0.15) is 10.4 Å². The van der Waals surface area contributed by atoms with Crippen molar-refractivity contribution in [1.82, 2.24) is 0 Å². The van der Waals surface area contributed by atoms with Gasteiger partial charge in [0.15, 0.2) is 0 Å². The Morgan fingerprint density at radius 1 is 0.862 bits per heavy atom. The summed E-state index contributed by atoms with van der Waals surface area (Å²) in [6, 6.07) is 18.5. The minimum Gasteiger partial charge on any atom is -0.0622 e. The van der Waals surface area contributed by atoms with E-state index in [0.717, 1.165) is 0 Å². The molecule has 150 valence electrons. The van der Waals surface area contributed by atoms with Gasteiger partial charge in [0.2, 0.25) is 0 Å². The van der Waals surface area contributed by atoms with Gasteiger partial charge >= 0.3 is 129 Å². The Bertz CT molecular complexity index is 1160. The molecule has 0 aliphatic rings. The number of rotatable bonds is 6. The van der Waals surface area contributed by atoms with Crippen LogP contribution in [0.2, 0.25) is 0 Å². The van der Waals surface area contributed by atoms with E-state index in [9.17, 15) is 17.0 Å². The molecule has 8 nitrogen and oxygen atoms in total.